The van der Waals surface area contributed by atoms with Crippen LogP contribution >= 0.6 is 0 Å². The third-order valence-electron chi connectivity index (χ3n) is 6.79. The van der Waals surface area contributed by atoms with Crippen LogP contribution in [0, 0.1) is 17.2 Å². The van der Waals surface area contributed by atoms with Crippen molar-refractivity contribution in [3.8, 4) is 6.07 Å². The topological polar surface area (TPSA) is 81.5 Å². The van der Waals surface area contributed by atoms with Crippen molar-refractivity contribution in [2.45, 2.75) is 78.0 Å². The molecule has 0 bridgehead atoms. The lowest BCUT2D eigenvalue weighted by molar-refractivity contribution is -0.0407. The van der Waals surface area contributed by atoms with E-state index in [9.17, 15) is 10.1 Å². The van der Waals surface area contributed by atoms with E-state index < -0.39 is 0 Å². The number of ether oxygens (including phenoxy) is 1. The highest BCUT2D eigenvalue weighted by molar-refractivity contribution is 5.75. The number of carbonyl (C=O) groups excluding carboxylic acids is 1. The van der Waals surface area contributed by atoms with Crippen molar-refractivity contribution in [1.82, 2.24) is 15.2 Å². The zero-order valence-electron chi connectivity index (χ0n) is 19.5. The Hall–Kier alpha value is -2.33. The normalized spacial score (nSPS) is 22.8. The molecule has 7 nitrogen and oxygen atoms in total. The summed E-state index contributed by atoms with van der Waals surface area (Å²) in [5.41, 5.74) is 3.81. The van der Waals surface area contributed by atoms with Gasteiger partial charge in [0, 0.05) is 44.1 Å². The van der Waals surface area contributed by atoms with Gasteiger partial charge in [-0.15, -0.1) is 0 Å². The molecule has 1 aliphatic carbocycles. The summed E-state index contributed by atoms with van der Waals surface area (Å²) in [6.45, 7) is 13.6. The number of nitrogens with zero attached hydrogens (tertiary/aromatic N) is 4. The summed E-state index contributed by atoms with van der Waals surface area (Å²) in [6, 6.07) is 2.57. The van der Waals surface area contributed by atoms with Crippen LogP contribution in [0.2, 0.25) is 0 Å². The highest BCUT2D eigenvalue weighted by Gasteiger charge is 2.39. The van der Waals surface area contributed by atoms with E-state index in [0.29, 0.717) is 50.2 Å². The Morgan fingerprint density at radius 2 is 2.06 bits per heavy atom. The lowest BCUT2D eigenvalue weighted by Gasteiger charge is -2.44. The van der Waals surface area contributed by atoms with Gasteiger partial charge in [0.05, 0.1) is 29.5 Å². The van der Waals surface area contributed by atoms with Crippen LogP contribution < -0.4 is 10.2 Å². The van der Waals surface area contributed by atoms with Gasteiger partial charge in [0.25, 0.3) is 0 Å². The molecule has 0 aromatic carbocycles. The molecule has 7 heteroatoms. The van der Waals surface area contributed by atoms with Crippen molar-refractivity contribution < 1.29 is 9.53 Å². The third kappa shape index (κ3) is 4.23. The summed E-state index contributed by atoms with van der Waals surface area (Å²) in [4.78, 5) is 21.9. The summed E-state index contributed by atoms with van der Waals surface area (Å²) < 4.78 is 6.09. The zero-order chi connectivity index (χ0) is 22.3. The molecule has 1 unspecified atom stereocenters. The third-order valence-corrected chi connectivity index (χ3v) is 6.79. The maximum Gasteiger partial charge on any atom is 0.317 e. The number of fused-ring (bicyclic) bond motifs is 1. The van der Waals surface area contributed by atoms with Gasteiger partial charge in [-0.2, -0.15) is 5.26 Å². The van der Waals surface area contributed by atoms with E-state index in [-0.39, 0.29) is 17.7 Å². The van der Waals surface area contributed by atoms with Crippen LogP contribution in [0.3, 0.4) is 0 Å². The minimum Gasteiger partial charge on any atom is -0.370 e. The second-order valence-electron chi connectivity index (χ2n) is 10.1. The number of hydrogen-bond donors (Lipinski definition) is 1. The van der Waals surface area contributed by atoms with E-state index in [2.05, 4.69) is 44.0 Å². The first-order valence-corrected chi connectivity index (χ1v) is 11.6. The van der Waals surface area contributed by atoms with Gasteiger partial charge in [-0.25, -0.2) is 9.78 Å². The number of amides is 2. The summed E-state index contributed by atoms with van der Waals surface area (Å²) in [6.07, 6.45) is 3.05. The lowest BCUT2D eigenvalue weighted by atomic mass is 9.87. The Balaban J connectivity index is 1.72. The molecule has 168 valence electrons. The number of nitrogens with one attached hydrogen (secondary N) is 1. The molecule has 1 saturated heterocycles. The molecule has 0 radical (unpaired) electrons. The number of urea groups is 1. The molecule has 2 amide bonds. The van der Waals surface area contributed by atoms with E-state index in [1.165, 1.54) is 0 Å². The fourth-order valence-electron chi connectivity index (χ4n) is 4.90. The molecule has 2 aliphatic heterocycles. The second kappa shape index (κ2) is 8.31. The van der Waals surface area contributed by atoms with Gasteiger partial charge in [0.15, 0.2) is 0 Å². The minimum absolute atomic E-state index is 0.00248. The van der Waals surface area contributed by atoms with E-state index in [1.807, 2.05) is 11.8 Å². The molecule has 31 heavy (non-hydrogen) atoms. The summed E-state index contributed by atoms with van der Waals surface area (Å²) in [5.74, 6) is 1.61. The van der Waals surface area contributed by atoms with E-state index >= 15 is 0 Å². The molecule has 1 aromatic heterocycles. The Bertz CT molecular complexity index is 900. The largest absolute Gasteiger partial charge is 0.370 e. The number of carbonyl (C=O) groups is 1. The quantitative estimate of drug-likeness (QED) is 0.798. The molecular formula is C24H35N5O2. The van der Waals surface area contributed by atoms with Gasteiger partial charge >= 0.3 is 6.03 Å². The lowest BCUT2D eigenvalue weighted by Crippen LogP contribution is -2.59. The average Bonchev–Trinajstić information content (AvgIpc) is 3.56. The van der Waals surface area contributed by atoms with Crippen LogP contribution in [0.25, 0.3) is 0 Å². The molecule has 1 saturated carbocycles. The summed E-state index contributed by atoms with van der Waals surface area (Å²) in [7, 11) is 0. The van der Waals surface area contributed by atoms with Crippen molar-refractivity contribution >= 4 is 11.8 Å². The zero-order valence-corrected chi connectivity index (χ0v) is 19.5. The van der Waals surface area contributed by atoms with E-state index in [4.69, 9.17) is 9.72 Å². The minimum atomic E-state index is -0.282. The van der Waals surface area contributed by atoms with Gasteiger partial charge in [0.1, 0.15) is 11.9 Å². The standard InChI is InChI=1S/C24H35N5O2/c1-6-26-23(30)29-10-9-28(13-20(29)15(2)3)22-18(12-25)17-11-24(4,5)31-14-19(17)21(27-22)16-7-8-16/h15-16,20H,6-11,13-14H2,1-5H3,(H,26,30). The molecule has 1 N–H and O–H groups in total. The molecule has 1 aromatic rings. The first-order chi connectivity index (χ1) is 14.8. The number of hydrogen-bond acceptors (Lipinski definition) is 5. The van der Waals surface area contributed by atoms with Gasteiger partial charge in [0.2, 0.25) is 0 Å². The highest BCUT2D eigenvalue weighted by atomic mass is 16.5. The number of aromatic nitrogens is 1. The second-order valence-corrected chi connectivity index (χ2v) is 10.1. The number of piperazine rings is 1. The van der Waals surface area contributed by atoms with Crippen LogP contribution in [-0.4, -0.2) is 53.7 Å². The highest BCUT2D eigenvalue weighted by Crippen LogP contribution is 2.45. The van der Waals surface area contributed by atoms with Crippen molar-refractivity contribution in [2.24, 2.45) is 5.92 Å². The monoisotopic (exact) mass is 425 g/mol. The molecule has 0 spiro atoms. The molecule has 4 rings (SSSR count). The average molecular weight is 426 g/mol. The summed E-state index contributed by atoms with van der Waals surface area (Å²) >= 11 is 0. The van der Waals surface area contributed by atoms with Crippen molar-refractivity contribution in [3.05, 3.63) is 22.4 Å². The van der Waals surface area contributed by atoms with Gasteiger partial charge in [-0.1, -0.05) is 13.8 Å². The smallest absolute Gasteiger partial charge is 0.317 e. The molecule has 3 heterocycles. The maximum atomic E-state index is 12.6. The first-order valence-electron chi connectivity index (χ1n) is 11.6. The van der Waals surface area contributed by atoms with E-state index in [1.54, 1.807) is 0 Å². The van der Waals surface area contributed by atoms with Gasteiger partial charge in [-0.3, -0.25) is 0 Å². The fourth-order valence-corrected chi connectivity index (χ4v) is 4.90. The SMILES string of the molecule is CCNC(=O)N1CCN(c2nc(C3CC3)c3c(c2C#N)CC(C)(C)OC3)CC1C(C)C. The Morgan fingerprint density at radius 3 is 2.68 bits per heavy atom. The molecule has 3 aliphatic rings. The van der Waals surface area contributed by atoms with Crippen LogP contribution in [0.1, 0.15) is 75.8 Å². The van der Waals surface area contributed by atoms with Crippen molar-refractivity contribution in [1.29, 1.82) is 5.26 Å². The Kier molecular flexibility index (Phi) is 5.87. The molecule has 1 atom stereocenters. The van der Waals surface area contributed by atoms with Crippen molar-refractivity contribution in [2.75, 3.05) is 31.1 Å². The Morgan fingerprint density at radius 1 is 1.32 bits per heavy atom. The Labute approximate surface area is 185 Å². The molecule has 2 fully saturated rings. The van der Waals surface area contributed by atoms with Crippen LogP contribution in [0.4, 0.5) is 10.6 Å². The number of rotatable bonds is 4. The predicted molar refractivity (Wildman–Crippen MR) is 120 cm³/mol. The number of pyridine rings is 1. The number of nitriles is 1. The van der Waals surface area contributed by atoms with Crippen LogP contribution in [-0.2, 0) is 17.8 Å². The van der Waals surface area contributed by atoms with Gasteiger partial charge < -0.3 is 19.9 Å². The summed E-state index contributed by atoms with van der Waals surface area (Å²) in [5, 5.41) is 13.1. The number of anilines is 1. The fraction of sp³-hybridized carbons (Fsp3) is 0.708. The predicted octanol–water partition coefficient (Wildman–Crippen LogP) is 3.56. The first kappa shape index (κ1) is 21.9. The molecular weight excluding hydrogens is 390 g/mol. The van der Waals surface area contributed by atoms with Crippen LogP contribution in [0.15, 0.2) is 0 Å². The van der Waals surface area contributed by atoms with Crippen molar-refractivity contribution in [3.63, 3.8) is 0 Å². The van der Waals surface area contributed by atoms with Gasteiger partial charge in [-0.05, 0) is 45.1 Å². The van der Waals surface area contributed by atoms with E-state index in [0.717, 1.165) is 41.9 Å². The maximum absolute atomic E-state index is 12.6. The van der Waals surface area contributed by atoms with Crippen LogP contribution in [0.5, 0.6) is 0 Å².